The van der Waals surface area contributed by atoms with E-state index in [1.165, 1.54) is 0 Å². The Bertz CT molecular complexity index is 527. The maximum atomic E-state index is 12.8. The van der Waals surface area contributed by atoms with Gasteiger partial charge in [0.05, 0.1) is 25.5 Å². The third-order valence-corrected chi connectivity index (χ3v) is 4.17. The lowest BCUT2D eigenvalue weighted by Gasteiger charge is -2.42. The number of carbonyl (C=O) groups is 1. The molecule has 0 N–H and O–H groups in total. The van der Waals surface area contributed by atoms with Gasteiger partial charge in [-0.15, -0.1) is 0 Å². The normalized spacial score (nSPS) is 27.1. The fraction of sp³-hybridized carbons (Fsp3) is 0.733. The third kappa shape index (κ3) is 3.31. The fourth-order valence-electron chi connectivity index (χ4n) is 3.04. The summed E-state index contributed by atoms with van der Waals surface area (Å²) in [5.41, 5.74) is 0.0922. The first-order valence-corrected chi connectivity index (χ1v) is 7.72. The Morgan fingerprint density at radius 2 is 2.09 bits per heavy atom. The molecule has 0 radical (unpaired) electrons. The van der Waals surface area contributed by atoms with Gasteiger partial charge in [0, 0.05) is 38.8 Å². The second-order valence-corrected chi connectivity index (χ2v) is 6.12. The van der Waals surface area contributed by atoms with Crippen molar-refractivity contribution in [2.24, 2.45) is 0 Å². The molecule has 22 heavy (non-hydrogen) atoms. The van der Waals surface area contributed by atoms with E-state index < -0.39 is 5.60 Å². The number of ether oxygens (including phenoxy) is 2. The molecule has 0 saturated carbocycles. The number of amides is 1. The molecule has 3 heterocycles. The van der Waals surface area contributed by atoms with Crippen molar-refractivity contribution < 1.29 is 18.8 Å². The summed E-state index contributed by atoms with van der Waals surface area (Å²) in [4.78, 5) is 16.8. The van der Waals surface area contributed by atoms with Crippen LogP contribution in [-0.2, 0) is 20.8 Å². The lowest BCUT2D eigenvalue weighted by molar-refractivity contribution is -0.171. The van der Waals surface area contributed by atoms with E-state index in [0.717, 1.165) is 18.0 Å². The molecule has 1 atom stereocenters. The second kappa shape index (κ2) is 6.36. The van der Waals surface area contributed by atoms with E-state index in [0.29, 0.717) is 46.0 Å². The second-order valence-electron chi connectivity index (χ2n) is 6.12. The van der Waals surface area contributed by atoms with Crippen LogP contribution in [0.2, 0.25) is 0 Å². The van der Waals surface area contributed by atoms with Gasteiger partial charge in [-0.25, -0.2) is 0 Å². The van der Waals surface area contributed by atoms with Crippen LogP contribution >= 0.6 is 0 Å². The Morgan fingerprint density at radius 1 is 1.32 bits per heavy atom. The van der Waals surface area contributed by atoms with Crippen molar-refractivity contribution >= 4 is 5.91 Å². The molecule has 1 aromatic rings. The number of hydrogen-bond acceptors (Lipinski definition) is 6. The average molecular weight is 309 g/mol. The topological polar surface area (TPSA) is 68.0 Å². The van der Waals surface area contributed by atoms with Crippen LogP contribution < -0.4 is 0 Å². The van der Waals surface area contributed by atoms with Gasteiger partial charge < -0.3 is 18.9 Å². The first kappa shape index (κ1) is 15.5. The minimum atomic E-state index is -0.797. The SMILES string of the molecule is Cc1cc(CN2CCO[C@@](C)(C(=O)N3CCOCC3)C2)no1. The number of rotatable bonds is 3. The molecule has 7 heteroatoms. The van der Waals surface area contributed by atoms with E-state index in [-0.39, 0.29) is 5.91 Å². The molecule has 2 saturated heterocycles. The lowest BCUT2D eigenvalue weighted by Crippen LogP contribution is -2.60. The predicted octanol–water partition coefficient (Wildman–Crippen LogP) is 0.433. The van der Waals surface area contributed by atoms with Crippen LogP contribution in [0.1, 0.15) is 18.4 Å². The molecule has 1 amide bonds. The number of aryl methyl sites for hydroxylation is 1. The van der Waals surface area contributed by atoms with Gasteiger partial charge in [0.15, 0.2) is 5.60 Å². The minimum Gasteiger partial charge on any atom is -0.378 e. The molecule has 1 aromatic heterocycles. The van der Waals surface area contributed by atoms with Crippen LogP contribution in [0.25, 0.3) is 0 Å². The van der Waals surface area contributed by atoms with Crippen molar-refractivity contribution in [3.63, 3.8) is 0 Å². The highest BCUT2D eigenvalue weighted by Crippen LogP contribution is 2.22. The summed E-state index contributed by atoms with van der Waals surface area (Å²) in [5, 5.41) is 4.02. The van der Waals surface area contributed by atoms with Crippen molar-refractivity contribution in [1.29, 1.82) is 0 Å². The quantitative estimate of drug-likeness (QED) is 0.807. The van der Waals surface area contributed by atoms with Gasteiger partial charge in [-0.2, -0.15) is 0 Å². The number of hydrogen-bond donors (Lipinski definition) is 0. The van der Waals surface area contributed by atoms with Crippen LogP contribution in [-0.4, -0.2) is 72.5 Å². The first-order valence-electron chi connectivity index (χ1n) is 7.72. The van der Waals surface area contributed by atoms with E-state index in [1.807, 2.05) is 24.8 Å². The van der Waals surface area contributed by atoms with E-state index in [1.54, 1.807) is 0 Å². The largest absolute Gasteiger partial charge is 0.378 e. The Hall–Kier alpha value is -1.44. The number of carbonyl (C=O) groups excluding carboxylic acids is 1. The van der Waals surface area contributed by atoms with Crippen LogP contribution in [0.15, 0.2) is 10.6 Å². The zero-order valence-corrected chi connectivity index (χ0v) is 13.2. The first-order chi connectivity index (χ1) is 10.6. The van der Waals surface area contributed by atoms with Crippen molar-refractivity contribution in [2.45, 2.75) is 26.0 Å². The summed E-state index contributed by atoms with van der Waals surface area (Å²) in [5.74, 6) is 0.854. The summed E-state index contributed by atoms with van der Waals surface area (Å²) in [6, 6.07) is 1.93. The van der Waals surface area contributed by atoms with Crippen molar-refractivity contribution in [3.8, 4) is 0 Å². The molecule has 2 fully saturated rings. The molecule has 7 nitrogen and oxygen atoms in total. The summed E-state index contributed by atoms with van der Waals surface area (Å²) < 4.78 is 16.2. The van der Waals surface area contributed by atoms with E-state index >= 15 is 0 Å². The molecule has 3 rings (SSSR count). The van der Waals surface area contributed by atoms with Gasteiger partial charge >= 0.3 is 0 Å². The highest BCUT2D eigenvalue weighted by Gasteiger charge is 2.42. The smallest absolute Gasteiger partial charge is 0.256 e. The molecular weight excluding hydrogens is 286 g/mol. The summed E-state index contributed by atoms with van der Waals surface area (Å²) in [6.07, 6.45) is 0. The van der Waals surface area contributed by atoms with Gasteiger partial charge in [0.25, 0.3) is 5.91 Å². The molecule has 0 aromatic carbocycles. The molecule has 0 aliphatic carbocycles. The minimum absolute atomic E-state index is 0.0526. The summed E-state index contributed by atoms with van der Waals surface area (Å²) >= 11 is 0. The number of nitrogens with zero attached hydrogens (tertiary/aromatic N) is 3. The highest BCUT2D eigenvalue weighted by molar-refractivity contribution is 5.85. The van der Waals surface area contributed by atoms with E-state index in [9.17, 15) is 4.79 Å². The molecule has 0 unspecified atom stereocenters. The molecule has 2 aliphatic heterocycles. The van der Waals surface area contributed by atoms with Crippen LogP contribution in [0.4, 0.5) is 0 Å². The van der Waals surface area contributed by atoms with Crippen molar-refractivity contribution in [1.82, 2.24) is 15.0 Å². The van der Waals surface area contributed by atoms with Gasteiger partial charge in [0.2, 0.25) is 0 Å². The molecule has 0 spiro atoms. The third-order valence-electron chi connectivity index (χ3n) is 4.17. The van der Waals surface area contributed by atoms with Gasteiger partial charge in [-0.1, -0.05) is 5.16 Å². The van der Waals surface area contributed by atoms with Gasteiger partial charge in [0.1, 0.15) is 5.76 Å². The number of aromatic nitrogens is 1. The van der Waals surface area contributed by atoms with Gasteiger partial charge in [-0.3, -0.25) is 9.69 Å². The van der Waals surface area contributed by atoms with Gasteiger partial charge in [-0.05, 0) is 13.8 Å². The molecular formula is C15H23N3O4. The Labute approximate surface area is 130 Å². The summed E-state index contributed by atoms with van der Waals surface area (Å²) in [7, 11) is 0. The Morgan fingerprint density at radius 3 is 2.77 bits per heavy atom. The fourth-order valence-corrected chi connectivity index (χ4v) is 3.04. The maximum Gasteiger partial charge on any atom is 0.256 e. The van der Waals surface area contributed by atoms with E-state index in [2.05, 4.69) is 10.1 Å². The zero-order valence-electron chi connectivity index (χ0n) is 13.2. The molecule has 122 valence electrons. The highest BCUT2D eigenvalue weighted by atomic mass is 16.5. The Kier molecular flexibility index (Phi) is 4.46. The van der Waals surface area contributed by atoms with Crippen LogP contribution in [0.3, 0.4) is 0 Å². The summed E-state index contributed by atoms with van der Waals surface area (Å²) in [6.45, 7) is 8.81. The van der Waals surface area contributed by atoms with Crippen molar-refractivity contribution in [3.05, 3.63) is 17.5 Å². The maximum absolute atomic E-state index is 12.8. The zero-order chi connectivity index (χ0) is 15.6. The molecule has 2 aliphatic rings. The monoisotopic (exact) mass is 309 g/mol. The van der Waals surface area contributed by atoms with Crippen LogP contribution in [0.5, 0.6) is 0 Å². The standard InChI is InChI=1S/C15H23N3O4/c1-12-9-13(16-22-12)10-17-3-8-21-15(2,11-17)14(19)18-4-6-20-7-5-18/h9H,3-8,10-11H2,1-2H3/t15-/m1/s1. The average Bonchev–Trinajstić information content (AvgIpc) is 2.92. The lowest BCUT2D eigenvalue weighted by atomic mass is 10.0. The molecule has 0 bridgehead atoms. The van der Waals surface area contributed by atoms with Crippen LogP contribution in [0, 0.1) is 6.92 Å². The van der Waals surface area contributed by atoms with E-state index in [4.69, 9.17) is 14.0 Å². The predicted molar refractivity (Wildman–Crippen MR) is 78.3 cm³/mol. The van der Waals surface area contributed by atoms with Crippen molar-refractivity contribution in [2.75, 3.05) is 46.0 Å². The Balaban J connectivity index is 1.64. The number of morpholine rings is 2.